The number of urea groups is 1. The minimum absolute atomic E-state index is 0.0188. The van der Waals surface area contributed by atoms with E-state index in [1.165, 1.54) is 12.3 Å². The second-order valence-corrected chi connectivity index (χ2v) is 6.17. The topological polar surface area (TPSA) is 84.4 Å². The Labute approximate surface area is 153 Å². The van der Waals surface area contributed by atoms with E-state index in [2.05, 4.69) is 15.5 Å². The smallest absolute Gasteiger partial charge is 0.318 e. The Bertz CT molecular complexity index is 942. The lowest BCUT2D eigenvalue weighted by molar-refractivity contribution is 0.179. The van der Waals surface area contributed by atoms with Gasteiger partial charge in [0, 0.05) is 12.6 Å². The van der Waals surface area contributed by atoms with Crippen molar-refractivity contribution in [2.24, 2.45) is 0 Å². The molecule has 1 aromatic carbocycles. The number of hydrogen-bond acceptors (Lipinski definition) is 5. The lowest BCUT2D eigenvalue weighted by atomic mass is 10.2. The first kappa shape index (κ1) is 17.2. The highest BCUT2D eigenvalue weighted by atomic mass is 19.1. The fourth-order valence-corrected chi connectivity index (χ4v) is 3.09. The average Bonchev–Trinajstić information content (AvgIpc) is 3.39. The van der Waals surface area contributed by atoms with Crippen LogP contribution in [0.3, 0.4) is 0 Å². The molecule has 1 fully saturated rings. The van der Waals surface area contributed by atoms with E-state index in [-0.39, 0.29) is 29.9 Å². The van der Waals surface area contributed by atoms with Crippen LogP contribution in [0.15, 0.2) is 45.5 Å². The van der Waals surface area contributed by atoms with E-state index in [0.717, 1.165) is 18.6 Å². The summed E-state index contributed by atoms with van der Waals surface area (Å²) >= 11 is 0. The summed E-state index contributed by atoms with van der Waals surface area (Å²) in [6.07, 6.45) is 2.97. The number of hydrogen-bond donors (Lipinski definition) is 1. The summed E-state index contributed by atoms with van der Waals surface area (Å²) < 4.78 is 37.4. The zero-order valence-electron chi connectivity index (χ0n) is 14.2. The highest BCUT2D eigenvalue weighted by molar-refractivity contribution is 5.74. The number of rotatable bonds is 4. The van der Waals surface area contributed by atoms with Crippen molar-refractivity contribution in [3.63, 3.8) is 0 Å². The van der Waals surface area contributed by atoms with Crippen molar-refractivity contribution in [2.75, 3.05) is 6.54 Å². The van der Waals surface area contributed by atoms with Crippen LogP contribution in [-0.4, -0.2) is 27.6 Å². The van der Waals surface area contributed by atoms with Gasteiger partial charge in [0.25, 0.3) is 0 Å². The monoisotopic (exact) mass is 374 g/mol. The minimum Gasteiger partial charge on any atom is -0.467 e. The van der Waals surface area contributed by atoms with Gasteiger partial charge in [0.1, 0.15) is 23.4 Å². The summed E-state index contributed by atoms with van der Waals surface area (Å²) in [5, 5.41) is 6.56. The summed E-state index contributed by atoms with van der Waals surface area (Å²) in [6.45, 7) is 0.808. The van der Waals surface area contributed by atoms with Crippen molar-refractivity contribution < 1.29 is 22.5 Å². The Hall–Kier alpha value is -3.23. The number of carbonyl (C=O) groups excluding carboxylic acids is 1. The van der Waals surface area contributed by atoms with Crippen LogP contribution in [0, 0.1) is 11.6 Å². The third kappa shape index (κ3) is 3.53. The van der Waals surface area contributed by atoms with Gasteiger partial charge in [0.05, 0.1) is 18.4 Å². The molecular formula is C18H16F2N4O3. The van der Waals surface area contributed by atoms with Crippen molar-refractivity contribution in [1.82, 2.24) is 20.4 Å². The fourth-order valence-electron chi connectivity index (χ4n) is 3.09. The van der Waals surface area contributed by atoms with E-state index in [1.54, 1.807) is 17.0 Å². The number of nitrogens with zero attached hydrogens (tertiary/aromatic N) is 3. The number of amides is 2. The van der Waals surface area contributed by atoms with E-state index < -0.39 is 17.7 Å². The summed E-state index contributed by atoms with van der Waals surface area (Å²) in [6, 6.07) is 5.97. The van der Waals surface area contributed by atoms with Gasteiger partial charge in [-0.1, -0.05) is 5.16 Å². The van der Waals surface area contributed by atoms with Gasteiger partial charge in [-0.15, -0.1) is 0 Å². The van der Waals surface area contributed by atoms with Crippen molar-refractivity contribution in [2.45, 2.75) is 25.4 Å². The number of carbonyl (C=O) groups is 1. The van der Waals surface area contributed by atoms with Crippen LogP contribution in [0.5, 0.6) is 0 Å². The van der Waals surface area contributed by atoms with Crippen LogP contribution in [0.1, 0.15) is 30.5 Å². The standard InChI is InChI=1S/C18H16F2N4O3/c19-11-5-6-13(14(20)9-11)16-22-17(27-23-16)15-4-1-7-24(15)18(25)21-10-12-3-2-8-26-12/h2-3,5-6,8-9,15H,1,4,7,10H2,(H,21,25)/t15-/m1/s1. The van der Waals surface area contributed by atoms with E-state index in [4.69, 9.17) is 8.94 Å². The van der Waals surface area contributed by atoms with Gasteiger partial charge < -0.3 is 19.2 Å². The molecule has 1 aliphatic heterocycles. The number of furan rings is 1. The van der Waals surface area contributed by atoms with E-state index >= 15 is 0 Å². The molecule has 140 valence electrons. The maximum Gasteiger partial charge on any atom is 0.318 e. The molecule has 1 atom stereocenters. The van der Waals surface area contributed by atoms with Crippen LogP contribution in [0.25, 0.3) is 11.4 Å². The molecule has 2 aromatic heterocycles. The quantitative estimate of drug-likeness (QED) is 0.753. The molecule has 7 nitrogen and oxygen atoms in total. The number of likely N-dealkylation sites (tertiary alicyclic amines) is 1. The molecule has 1 N–H and O–H groups in total. The Morgan fingerprint density at radius 3 is 3.00 bits per heavy atom. The fraction of sp³-hybridized carbons (Fsp3) is 0.278. The average molecular weight is 374 g/mol. The molecule has 0 spiro atoms. The van der Waals surface area contributed by atoms with E-state index in [0.29, 0.717) is 18.7 Å². The first-order chi connectivity index (χ1) is 13.1. The molecule has 2 amide bonds. The van der Waals surface area contributed by atoms with Gasteiger partial charge in [-0.05, 0) is 37.1 Å². The molecule has 27 heavy (non-hydrogen) atoms. The SMILES string of the molecule is O=C(NCc1ccco1)N1CCC[C@@H]1c1nc(-c2ccc(F)cc2F)no1. The van der Waals surface area contributed by atoms with Crippen molar-refractivity contribution in [1.29, 1.82) is 0 Å². The minimum atomic E-state index is -0.776. The molecule has 0 unspecified atom stereocenters. The predicted molar refractivity (Wildman–Crippen MR) is 89.3 cm³/mol. The van der Waals surface area contributed by atoms with Crippen LogP contribution >= 0.6 is 0 Å². The van der Waals surface area contributed by atoms with E-state index in [9.17, 15) is 13.6 Å². The second-order valence-electron chi connectivity index (χ2n) is 6.17. The molecule has 0 bridgehead atoms. The third-order valence-corrected chi connectivity index (χ3v) is 4.41. The Morgan fingerprint density at radius 2 is 2.22 bits per heavy atom. The van der Waals surface area contributed by atoms with Crippen LogP contribution in [-0.2, 0) is 6.54 Å². The predicted octanol–water partition coefficient (Wildman–Crippen LogP) is 3.65. The zero-order chi connectivity index (χ0) is 18.8. The molecule has 9 heteroatoms. The van der Waals surface area contributed by atoms with Gasteiger partial charge in [0.15, 0.2) is 0 Å². The number of halogens is 2. The largest absolute Gasteiger partial charge is 0.467 e. The van der Waals surface area contributed by atoms with Gasteiger partial charge in [-0.3, -0.25) is 0 Å². The molecular weight excluding hydrogens is 358 g/mol. The molecule has 3 heterocycles. The van der Waals surface area contributed by atoms with Crippen LogP contribution in [0.4, 0.5) is 13.6 Å². The second kappa shape index (κ2) is 7.18. The highest BCUT2D eigenvalue weighted by Crippen LogP contribution is 2.32. The highest BCUT2D eigenvalue weighted by Gasteiger charge is 2.34. The summed E-state index contributed by atoms with van der Waals surface area (Å²) in [4.78, 5) is 18.3. The molecule has 4 rings (SSSR count). The molecule has 1 saturated heterocycles. The molecule has 0 radical (unpaired) electrons. The first-order valence-corrected chi connectivity index (χ1v) is 8.47. The summed E-state index contributed by atoms with van der Waals surface area (Å²) in [5.41, 5.74) is 0.0400. The van der Waals surface area contributed by atoms with Gasteiger partial charge in [-0.2, -0.15) is 4.98 Å². The summed E-state index contributed by atoms with van der Waals surface area (Å²) in [5.74, 6) is -0.576. The van der Waals surface area contributed by atoms with Crippen LogP contribution < -0.4 is 5.32 Å². The lowest BCUT2D eigenvalue weighted by Gasteiger charge is -2.21. The van der Waals surface area contributed by atoms with Crippen LogP contribution in [0.2, 0.25) is 0 Å². The Balaban J connectivity index is 1.49. The molecule has 1 aliphatic rings. The number of benzene rings is 1. The first-order valence-electron chi connectivity index (χ1n) is 8.47. The molecule has 0 saturated carbocycles. The normalized spacial score (nSPS) is 16.7. The lowest BCUT2D eigenvalue weighted by Crippen LogP contribution is -2.39. The number of nitrogens with one attached hydrogen (secondary N) is 1. The Morgan fingerprint density at radius 1 is 1.33 bits per heavy atom. The zero-order valence-corrected chi connectivity index (χ0v) is 14.2. The van der Waals surface area contributed by atoms with E-state index in [1.807, 2.05) is 0 Å². The van der Waals surface area contributed by atoms with Crippen molar-refractivity contribution in [3.8, 4) is 11.4 Å². The Kier molecular flexibility index (Phi) is 4.57. The van der Waals surface area contributed by atoms with Crippen molar-refractivity contribution in [3.05, 3.63) is 59.9 Å². The van der Waals surface area contributed by atoms with Gasteiger partial charge >= 0.3 is 6.03 Å². The van der Waals surface area contributed by atoms with Crippen molar-refractivity contribution >= 4 is 6.03 Å². The maximum absolute atomic E-state index is 13.9. The summed E-state index contributed by atoms with van der Waals surface area (Å²) in [7, 11) is 0. The number of aromatic nitrogens is 2. The van der Waals surface area contributed by atoms with Gasteiger partial charge in [0.2, 0.25) is 11.7 Å². The molecule has 0 aliphatic carbocycles. The maximum atomic E-state index is 13.9. The third-order valence-electron chi connectivity index (χ3n) is 4.41. The molecule has 3 aromatic rings. The van der Waals surface area contributed by atoms with Gasteiger partial charge in [-0.25, -0.2) is 13.6 Å².